The number of ether oxygens (including phenoxy) is 2. The van der Waals surface area contributed by atoms with Crippen molar-refractivity contribution in [2.45, 2.75) is 0 Å². The van der Waals surface area contributed by atoms with Gasteiger partial charge in [-0.3, -0.25) is 0 Å². The van der Waals surface area contributed by atoms with Crippen molar-refractivity contribution in [3.05, 3.63) is 24.3 Å². The van der Waals surface area contributed by atoms with Gasteiger partial charge in [-0.1, -0.05) is 6.58 Å². The standard InChI is InChI=1S/C6H11NO2/c1-5(7)6(9-3)4-8-2/h4H,1,7H2,2-3H3/b6-4-. The van der Waals surface area contributed by atoms with Gasteiger partial charge in [0.05, 0.1) is 19.9 Å². The normalized spacial score (nSPS) is 10.7. The van der Waals surface area contributed by atoms with Gasteiger partial charge in [-0.05, 0) is 0 Å². The SMILES string of the molecule is C=C(N)/C(=C/OC)OC. The molecule has 0 amide bonds. The third kappa shape index (κ3) is 2.64. The van der Waals surface area contributed by atoms with Crippen LogP contribution in [0.4, 0.5) is 0 Å². The van der Waals surface area contributed by atoms with E-state index in [4.69, 9.17) is 10.5 Å². The molecule has 0 aliphatic carbocycles. The van der Waals surface area contributed by atoms with Crippen molar-refractivity contribution in [2.75, 3.05) is 14.2 Å². The molecule has 0 aliphatic rings. The van der Waals surface area contributed by atoms with Crippen molar-refractivity contribution in [1.82, 2.24) is 0 Å². The van der Waals surface area contributed by atoms with Crippen LogP contribution in [0.1, 0.15) is 0 Å². The summed E-state index contributed by atoms with van der Waals surface area (Å²) in [6.45, 7) is 3.45. The van der Waals surface area contributed by atoms with Gasteiger partial charge in [0.2, 0.25) is 0 Å². The average Bonchev–Trinajstić information content (AvgIpc) is 1.82. The largest absolute Gasteiger partial charge is 0.500 e. The van der Waals surface area contributed by atoms with Gasteiger partial charge in [-0.2, -0.15) is 0 Å². The van der Waals surface area contributed by atoms with E-state index >= 15 is 0 Å². The Labute approximate surface area is 54.8 Å². The summed E-state index contributed by atoms with van der Waals surface area (Å²) < 4.78 is 9.39. The maximum atomic E-state index is 5.27. The molecule has 0 aromatic rings. The van der Waals surface area contributed by atoms with E-state index in [0.717, 1.165) is 0 Å². The van der Waals surface area contributed by atoms with Gasteiger partial charge in [0, 0.05) is 0 Å². The zero-order valence-electron chi connectivity index (χ0n) is 5.68. The van der Waals surface area contributed by atoms with Gasteiger partial charge >= 0.3 is 0 Å². The number of hydrogen-bond donors (Lipinski definition) is 1. The van der Waals surface area contributed by atoms with E-state index in [-0.39, 0.29) is 0 Å². The lowest BCUT2D eigenvalue weighted by molar-refractivity contribution is 0.256. The van der Waals surface area contributed by atoms with Gasteiger partial charge in [-0.15, -0.1) is 0 Å². The van der Waals surface area contributed by atoms with E-state index < -0.39 is 0 Å². The molecule has 0 spiro atoms. The molecule has 3 heteroatoms. The van der Waals surface area contributed by atoms with Crippen molar-refractivity contribution in [1.29, 1.82) is 0 Å². The monoisotopic (exact) mass is 129 g/mol. The summed E-state index contributed by atoms with van der Waals surface area (Å²) in [5.74, 6) is 0.456. The molecule has 0 aromatic heterocycles. The van der Waals surface area contributed by atoms with Crippen molar-refractivity contribution < 1.29 is 9.47 Å². The fraction of sp³-hybridized carbons (Fsp3) is 0.333. The zero-order valence-corrected chi connectivity index (χ0v) is 5.68. The van der Waals surface area contributed by atoms with Crippen LogP contribution in [0.3, 0.4) is 0 Å². The van der Waals surface area contributed by atoms with Gasteiger partial charge in [-0.25, -0.2) is 0 Å². The van der Waals surface area contributed by atoms with Gasteiger partial charge in [0.15, 0.2) is 5.76 Å². The van der Waals surface area contributed by atoms with E-state index in [2.05, 4.69) is 11.3 Å². The molecule has 0 saturated carbocycles. The van der Waals surface area contributed by atoms with Crippen LogP contribution in [0.5, 0.6) is 0 Å². The molecule has 0 saturated heterocycles. The lowest BCUT2D eigenvalue weighted by Crippen LogP contribution is -2.01. The van der Waals surface area contributed by atoms with E-state index in [1.54, 1.807) is 0 Å². The quantitative estimate of drug-likeness (QED) is 0.448. The highest BCUT2D eigenvalue weighted by Crippen LogP contribution is 2.00. The summed E-state index contributed by atoms with van der Waals surface area (Å²) in [4.78, 5) is 0. The van der Waals surface area contributed by atoms with Crippen LogP contribution in [-0.4, -0.2) is 14.2 Å². The number of methoxy groups -OCH3 is 2. The molecule has 0 bridgehead atoms. The van der Waals surface area contributed by atoms with E-state index in [9.17, 15) is 0 Å². The molecule has 52 valence electrons. The van der Waals surface area contributed by atoms with Gasteiger partial charge < -0.3 is 15.2 Å². The Morgan fingerprint density at radius 3 is 2.22 bits per heavy atom. The second kappa shape index (κ2) is 3.83. The number of hydrogen-bond acceptors (Lipinski definition) is 3. The molecule has 0 rings (SSSR count). The lowest BCUT2D eigenvalue weighted by Gasteiger charge is -2.02. The topological polar surface area (TPSA) is 44.5 Å². The minimum atomic E-state index is 0.361. The Bertz CT molecular complexity index is 129. The second-order valence-electron chi connectivity index (χ2n) is 1.45. The minimum Gasteiger partial charge on any atom is -0.500 e. The highest BCUT2D eigenvalue weighted by molar-refractivity contribution is 5.16. The summed E-state index contributed by atoms with van der Waals surface area (Å²) in [6.07, 6.45) is 1.39. The Hall–Kier alpha value is -1.12. The molecular weight excluding hydrogens is 118 g/mol. The van der Waals surface area contributed by atoms with Crippen molar-refractivity contribution >= 4 is 0 Å². The molecule has 0 unspecified atom stereocenters. The first-order valence-electron chi connectivity index (χ1n) is 2.44. The molecule has 2 N–H and O–H groups in total. The molecule has 0 fully saturated rings. The molecule has 0 radical (unpaired) electrons. The minimum absolute atomic E-state index is 0.361. The molecule has 0 heterocycles. The van der Waals surface area contributed by atoms with Crippen molar-refractivity contribution in [2.24, 2.45) is 5.73 Å². The highest BCUT2D eigenvalue weighted by Gasteiger charge is 1.94. The molecule has 0 aliphatic heterocycles. The van der Waals surface area contributed by atoms with E-state index in [1.807, 2.05) is 0 Å². The van der Waals surface area contributed by atoms with Crippen LogP contribution in [0.2, 0.25) is 0 Å². The Kier molecular flexibility index (Phi) is 3.35. The molecule has 3 nitrogen and oxygen atoms in total. The Morgan fingerprint density at radius 2 is 2.11 bits per heavy atom. The molecule has 0 aromatic carbocycles. The van der Waals surface area contributed by atoms with Gasteiger partial charge in [0.25, 0.3) is 0 Å². The number of rotatable bonds is 3. The van der Waals surface area contributed by atoms with E-state index in [0.29, 0.717) is 11.5 Å². The van der Waals surface area contributed by atoms with Gasteiger partial charge in [0.1, 0.15) is 6.26 Å². The Balaban J connectivity index is 3.98. The fourth-order valence-corrected chi connectivity index (χ4v) is 0.362. The van der Waals surface area contributed by atoms with Crippen molar-refractivity contribution in [3.63, 3.8) is 0 Å². The van der Waals surface area contributed by atoms with Crippen molar-refractivity contribution in [3.8, 4) is 0 Å². The van der Waals surface area contributed by atoms with Crippen LogP contribution < -0.4 is 5.73 Å². The molecular formula is C6H11NO2. The van der Waals surface area contributed by atoms with Crippen LogP contribution >= 0.6 is 0 Å². The average molecular weight is 129 g/mol. The summed E-state index contributed by atoms with van der Waals surface area (Å²) in [6, 6.07) is 0. The predicted molar refractivity (Wildman–Crippen MR) is 35.4 cm³/mol. The Morgan fingerprint density at radius 1 is 1.56 bits per heavy atom. The molecule has 9 heavy (non-hydrogen) atoms. The van der Waals surface area contributed by atoms with E-state index in [1.165, 1.54) is 20.5 Å². The van der Waals surface area contributed by atoms with Crippen LogP contribution in [-0.2, 0) is 9.47 Å². The highest BCUT2D eigenvalue weighted by atomic mass is 16.5. The van der Waals surface area contributed by atoms with Crippen LogP contribution in [0.25, 0.3) is 0 Å². The first kappa shape index (κ1) is 7.88. The fourth-order valence-electron chi connectivity index (χ4n) is 0.362. The summed E-state index contributed by atoms with van der Waals surface area (Å²) >= 11 is 0. The lowest BCUT2D eigenvalue weighted by atomic mass is 10.4. The number of nitrogens with two attached hydrogens (primary N) is 1. The first-order chi connectivity index (χ1) is 4.22. The molecule has 0 atom stereocenters. The maximum absolute atomic E-state index is 5.27. The first-order valence-corrected chi connectivity index (χ1v) is 2.44. The maximum Gasteiger partial charge on any atom is 0.175 e. The second-order valence-corrected chi connectivity index (χ2v) is 1.45. The van der Waals surface area contributed by atoms with Crippen LogP contribution in [0, 0.1) is 0 Å². The summed E-state index contributed by atoms with van der Waals surface area (Å²) in [5.41, 5.74) is 5.63. The summed E-state index contributed by atoms with van der Waals surface area (Å²) in [5, 5.41) is 0. The smallest absolute Gasteiger partial charge is 0.175 e. The third-order valence-electron chi connectivity index (χ3n) is 0.761. The third-order valence-corrected chi connectivity index (χ3v) is 0.761. The summed E-state index contributed by atoms with van der Waals surface area (Å²) in [7, 11) is 3.02. The van der Waals surface area contributed by atoms with Crippen LogP contribution in [0.15, 0.2) is 24.3 Å². The zero-order chi connectivity index (χ0) is 7.28. The predicted octanol–water partition coefficient (Wildman–Crippen LogP) is 0.593.